The van der Waals surface area contributed by atoms with Crippen LogP contribution in [0.5, 0.6) is 11.5 Å². The molecule has 4 aromatic carbocycles. The molecule has 0 bridgehead atoms. The lowest BCUT2D eigenvalue weighted by atomic mass is 10.0. The Balaban J connectivity index is 0.000000250. The predicted octanol–water partition coefficient (Wildman–Crippen LogP) is 3.92. The second-order valence-corrected chi connectivity index (χ2v) is 8.90. The summed E-state index contributed by atoms with van der Waals surface area (Å²) in [7, 11) is 0. The molecule has 0 aliphatic carbocycles. The van der Waals surface area contributed by atoms with Crippen molar-refractivity contribution < 1.29 is 39.8 Å². The third kappa shape index (κ3) is 8.59. The molecular weight excluding hydrogens is 652 g/mol. The SMILES string of the molecule is Nc1ccc(-c2ccc(N)c(N)c2)cc1N.O=[N+]([O-])c1cc([N+](=O)[O-])c(O)c([N+](=O)[O-])c1.O=[N+]([O-])c1cc([N+](=O)[O-])c(O)c([N+](=O)[O-])c1. The van der Waals surface area contributed by atoms with Crippen LogP contribution in [0.15, 0.2) is 60.7 Å². The molecule has 4 rings (SSSR count). The summed E-state index contributed by atoms with van der Waals surface area (Å²) in [4.78, 5) is 55.5. The average Bonchev–Trinajstić information content (AvgIpc) is 3.00. The van der Waals surface area contributed by atoms with Gasteiger partial charge in [-0.05, 0) is 35.4 Å². The minimum atomic E-state index is -1.21. The Hall–Kier alpha value is -7.92. The van der Waals surface area contributed by atoms with E-state index in [1.54, 1.807) is 12.1 Å². The number of nitrogens with zero attached hydrogens (tertiary/aromatic N) is 6. The monoisotopic (exact) mass is 672 g/mol. The molecule has 24 nitrogen and oxygen atoms in total. The van der Waals surface area contributed by atoms with Crippen LogP contribution in [0.3, 0.4) is 0 Å². The highest BCUT2D eigenvalue weighted by atomic mass is 16.7. The zero-order valence-corrected chi connectivity index (χ0v) is 23.6. The summed E-state index contributed by atoms with van der Waals surface area (Å²) >= 11 is 0. The molecule has 10 N–H and O–H groups in total. The van der Waals surface area contributed by atoms with Crippen molar-refractivity contribution in [2.45, 2.75) is 0 Å². The van der Waals surface area contributed by atoms with Gasteiger partial charge in [-0.3, -0.25) is 60.7 Å². The molecule has 0 aliphatic heterocycles. The normalized spacial score (nSPS) is 9.92. The van der Waals surface area contributed by atoms with Crippen molar-refractivity contribution in [1.82, 2.24) is 0 Å². The zero-order valence-electron chi connectivity index (χ0n) is 23.6. The van der Waals surface area contributed by atoms with E-state index in [0.717, 1.165) is 11.1 Å². The van der Waals surface area contributed by atoms with Crippen LogP contribution in [0.1, 0.15) is 0 Å². The van der Waals surface area contributed by atoms with Gasteiger partial charge < -0.3 is 33.1 Å². The first-order valence-corrected chi connectivity index (χ1v) is 12.2. The fourth-order valence-corrected chi connectivity index (χ4v) is 3.46. The van der Waals surface area contributed by atoms with E-state index in [-0.39, 0.29) is 0 Å². The van der Waals surface area contributed by atoms with Crippen molar-refractivity contribution in [1.29, 1.82) is 0 Å². The number of hydrogen-bond donors (Lipinski definition) is 6. The molecule has 250 valence electrons. The van der Waals surface area contributed by atoms with Gasteiger partial charge in [-0.15, -0.1) is 0 Å². The van der Waals surface area contributed by atoms with Crippen molar-refractivity contribution in [3.63, 3.8) is 0 Å². The summed E-state index contributed by atoms with van der Waals surface area (Å²) < 4.78 is 0. The van der Waals surface area contributed by atoms with Crippen molar-refractivity contribution in [2.75, 3.05) is 22.9 Å². The van der Waals surface area contributed by atoms with Crippen molar-refractivity contribution >= 4 is 56.9 Å². The lowest BCUT2D eigenvalue weighted by Crippen LogP contribution is -1.97. The highest BCUT2D eigenvalue weighted by molar-refractivity contribution is 5.79. The number of phenolic OH excluding ortho intramolecular Hbond substituents is 2. The molecule has 24 heteroatoms. The molecule has 0 saturated carbocycles. The number of nitrogens with two attached hydrogens (primary N) is 4. The third-order valence-corrected chi connectivity index (χ3v) is 5.82. The second-order valence-electron chi connectivity index (χ2n) is 8.90. The first-order chi connectivity index (χ1) is 22.3. The Kier molecular flexibility index (Phi) is 11.1. The maximum Gasteiger partial charge on any atom is 0.324 e. The third-order valence-electron chi connectivity index (χ3n) is 5.82. The van der Waals surface area contributed by atoms with Crippen molar-refractivity contribution in [2.24, 2.45) is 0 Å². The van der Waals surface area contributed by atoms with Crippen LogP contribution in [0.25, 0.3) is 11.1 Å². The van der Waals surface area contributed by atoms with E-state index in [0.29, 0.717) is 47.0 Å². The van der Waals surface area contributed by atoms with E-state index < -0.39 is 75.2 Å². The maximum absolute atomic E-state index is 10.4. The van der Waals surface area contributed by atoms with Crippen molar-refractivity contribution in [3.05, 3.63) is 121 Å². The quantitative estimate of drug-likeness (QED) is 0.0919. The Morgan fingerprint density at radius 1 is 0.396 bits per heavy atom. The van der Waals surface area contributed by atoms with E-state index in [1.807, 2.05) is 24.3 Å². The second kappa shape index (κ2) is 14.7. The smallest absolute Gasteiger partial charge is 0.324 e. The Labute approximate surface area is 263 Å². The van der Waals surface area contributed by atoms with Gasteiger partial charge in [-0.25, -0.2) is 0 Å². The summed E-state index contributed by atoms with van der Waals surface area (Å²) in [5, 5.41) is 80.4. The molecule has 48 heavy (non-hydrogen) atoms. The fourth-order valence-electron chi connectivity index (χ4n) is 3.46. The number of benzene rings is 4. The van der Waals surface area contributed by atoms with E-state index >= 15 is 0 Å². The molecule has 0 unspecified atom stereocenters. The Bertz CT molecular complexity index is 1770. The van der Waals surface area contributed by atoms with Crippen LogP contribution >= 0.6 is 0 Å². The molecule has 0 aliphatic rings. The molecule has 0 aromatic heterocycles. The molecule has 4 aromatic rings. The largest absolute Gasteiger partial charge is 0.497 e. The molecular formula is C24H20N10O14. The van der Waals surface area contributed by atoms with E-state index in [1.165, 1.54) is 0 Å². The molecule has 0 atom stereocenters. The summed E-state index contributed by atoms with van der Waals surface area (Å²) in [6, 6.07) is 12.8. The van der Waals surface area contributed by atoms with Gasteiger partial charge in [-0.1, -0.05) is 12.1 Å². The van der Waals surface area contributed by atoms with E-state index in [9.17, 15) is 60.7 Å². The van der Waals surface area contributed by atoms with Gasteiger partial charge in [0.25, 0.3) is 22.9 Å². The van der Waals surface area contributed by atoms with Crippen LogP contribution in [0.2, 0.25) is 0 Å². The van der Waals surface area contributed by atoms with Crippen molar-refractivity contribution in [3.8, 4) is 22.6 Å². The lowest BCUT2D eigenvalue weighted by molar-refractivity contribution is -0.404. The van der Waals surface area contributed by atoms with Gasteiger partial charge in [0.05, 0.1) is 76.6 Å². The highest BCUT2D eigenvalue weighted by Gasteiger charge is 2.31. The molecule has 0 radical (unpaired) electrons. The van der Waals surface area contributed by atoms with Gasteiger partial charge >= 0.3 is 22.7 Å². The Morgan fingerprint density at radius 3 is 0.833 bits per heavy atom. The van der Waals surface area contributed by atoms with Crippen LogP contribution in [0.4, 0.5) is 56.9 Å². The number of nitro groups is 6. The number of phenols is 2. The maximum atomic E-state index is 10.4. The fraction of sp³-hybridized carbons (Fsp3) is 0. The highest BCUT2D eigenvalue weighted by Crippen LogP contribution is 2.40. The van der Waals surface area contributed by atoms with Gasteiger partial charge in [-0.2, -0.15) is 0 Å². The average molecular weight is 672 g/mol. The number of anilines is 4. The molecule has 0 saturated heterocycles. The Morgan fingerprint density at radius 2 is 0.646 bits per heavy atom. The number of nitrogen functional groups attached to an aromatic ring is 4. The molecule has 0 heterocycles. The molecule has 0 spiro atoms. The van der Waals surface area contributed by atoms with Gasteiger partial charge in [0.1, 0.15) is 0 Å². The van der Waals surface area contributed by atoms with E-state index in [2.05, 4.69) is 0 Å². The number of nitro benzene ring substituents is 6. The standard InChI is InChI=1S/C12H14N4.2C6H3N3O7/c13-9-3-1-7(5-11(9)15)8-2-4-10(14)12(16)6-8;2*10-6-4(8(13)14)1-3(7(11)12)2-5(6)9(15)16/h1-6H,13-16H2;2*1-2,10H. The van der Waals surface area contributed by atoms with Crippen LogP contribution in [-0.2, 0) is 0 Å². The minimum Gasteiger partial charge on any atom is -0.497 e. The number of aromatic hydroxyl groups is 2. The zero-order chi connectivity index (χ0) is 36.6. The lowest BCUT2D eigenvalue weighted by Gasteiger charge is -2.07. The van der Waals surface area contributed by atoms with Gasteiger partial charge in [0.2, 0.25) is 0 Å². The summed E-state index contributed by atoms with van der Waals surface area (Å²) in [6.07, 6.45) is 0. The first kappa shape index (κ1) is 36.3. The number of hydrogen-bond acceptors (Lipinski definition) is 18. The summed E-state index contributed by atoms with van der Waals surface area (Å²) in [6.45, 7) is 0. The van der Waals surface area contributed by atoms with Gasteiger partial charge in [0.15, 0.2) is 0 Å². The molecule has 0 amide bonds. The first-order valence-electron chi connectivity index (χ1n) is 12.2. The predicted molar refractivity (Wildman–Crippen MR) is 166 cm³/mol. The number of non-ortho nitro benzene ring substituents is 2. The molecule has 0 fully saturated rings. The van der Waals surface area contributed by atoms with Crippen LogP contribution < -0.4 is 22.9 Å². The summed E-state index contributed by atoms with van der Waals surface area (Å²) in [5.74, 6) is -2.42. The van der Waals surface area contributed by atoms with Crippen LogP contribution in [0, 0.1) is 60.7 Å². The van der Waals surface area contributed by atoms with E-state index in [4.69, 9.17) is 33.1 Å². The summed E-state index contributed by atoms with van der Waals surface area (Å²) in [5.41, 5.74) is 21.0. The van der Waals surface area contributed by atoms with Gasteiger partial charge in [0, 0.05) is 0 Å². The topological polar surface area (TPSA) is 403 Å². The number of rotatable bonds is 7. The minimum absolute atomic E-state index is 0.447. The van der Waals surface area contributed by atoms with Crippen LogP contribution in [-0.4, -0.2) is 39.8 Å².